The number of benzene rings is 1. The molecule has 2 heterocycles. The second-order valence-corrected chi connectivity index (χ2v) is 4.70. The molecule has 9 heteroatoms. The molecule has 3 aromatic rings. The van der Waals surface area contributed by atoms with Crippen LogP contribution in [0.4, 0.5) is 11.4 Å². The summed E-state index contributed by atoms with van der Waals surface area (Å²) in [6.45, 7) is 0.116. The number of hydrogen-bond donors (Lipinski definition) is 1. The van der Waals surface area contributed by atoms with Gasteiger partial charge in [-0.3, -0.25) is 15.1 Å². The number of pyridine rings is 1. The van der Waals surface area contributed by atoms with Gasteiger partial charge in [0.15, 0.2) is 0 Å². The van der Waals surface area contributed by atoms with E-state index in [0.717, 1.165) is 5.56 Å². The molecule has 1 aromatic carbocycles. The number of nitro benzene ring substituents is 1. The van der Waals surface area contributed by atoms with Crippen LogP contribution in [0.15, 0.2) is 47.2 Å². The minimum atomic E-state index is -0.556. The standard InChI is InChI=1S/C15H10N6O3/c16-8-10-1-2-12(13(7-10)21(22)23)18-9-14-19-15(20-24-14)11-3-5-17-6-4-11/h1-7,18H,9H2. The molecule has 0 saturated carbocycles. The van der Waals surface area contributed by atoms with E-state index >= 15 is 0 Å². The van der Waals surface area contributed by atoms with Crippen molar-refractivity contribution in [1.82, 2.24) is 15.1 Å². The summed E-state index contributed by atoms with van der Waals surface area (Å²) < 4.78 is 5.12. The van der Waals surface area contributed by atoms with E-state index in [4.69, 9.17) is 9.78 Å². The molecular weight excluding hydrogens is 312 g/mol. The fourth-order valence-corrected chi connectivity index (χ4v) is 2.02. The van der Waals surface area contributed by atoms with Crippen molar-refractivity contribution in [3.63, 3.8) is 0 Å². The molecule has 0 aliphatic rings. The zero-order chi connectivity index (χ0) is 16.9. The van der Waals surface area contributed by atoms with Gasteiger partial charge in [0, 0.05) is 24.0 Å². The van der Waals surface area contributed by atoms with Crippen LogP contribution in [-0.4, -0.2) is 20.0 Å². The third kappa shape index (κ3) is 3.17. The number of anilines is 1. The van der Waals surface area contributed by atoms with Crippen LogP contribution in [0.5, 0.6) is 0 Å². The molecule has 0 saturated heterocycles. The Morgan fingerprint density at radius 1 is 1.29 bits per heavy atom. The maximum atomic E-state index is 11.1. The molecular formula is C15H10N6O3. The fraction of sp³-hybridized carbons (Fsp3) is 0.0667. The van der Waals surface area contributed by atoms with Gasteiger partial charge in [-0.15, -0.1) is 0 Å². The first-order valence-corrected chi connectivity index (χ1v) is 6.83. The quantitative estimate of drug-likeness (QED) is 0.560. The van der Waals surface area contributed by atoms with E-state index in [9.17, 15) is 10.1 Å². The molecule has 2 aromatic heterocycles. The van der Waals surface area contributed by atoms with Crippen LogP contribution in [0.1, 0.15) is 11.5 Å². The molecule has 0 unspecified atom stereocenters. The predicted molar refractivity (Wildman–Crippen MR) is 82.7 cm³/mol. The lowest BCUT2D eigenvalue weighted by molar-refractivity contribution is -0.384. The molecule has 0 spiro atoms. The van der Waals surface area contributed by atoms with E-state index in [0.29, 0.717) is 5.82 Å². The van der Waals surface area contributed by atoms with Crippen LogP contribution in [0, 0.1) is 21.4 Å². The van der Waals surface area contributed by atoms with Gasteiger partial charge in [-0.25, -0.2) is 0 Å². The molecule has 0 fully saturated rings. The number of nitrogens with zero attached hydrogens (tertiary/aromatic N) is 5. The van der Waals surface area contributed by atoms with Gasteiger partial charge in [0.05, 0.1) is 23.1 Å². The molecule has 3 rings (SSSR count). The number of rotatable bonds is 5. The van der Waals surface area contributed by atoms with Crippen molar-refractivity contribution in [3.8, 4) is 17.5 Å². The Bertz CT molecular complexity index is 916. The van der Waals surface area contributed by atoms with E-state index in [2.05, 4.69) is 20.4 Å². The fourth-order valence-electron chi connectivity index (χ4n) is 2.02. The van der Waals surface area contributed by atoms with Crippen LogP contribution in [0.2, 0.25) is 0 Å². The smallest absolute Gasteiger partial charge is 0.293 e. The third-order valence-electron chi connectivity index (χ3n) is 3.16. The van der Waals surface area contributed by atoms with Crippen molar-refractivity contribution in [2.75, 3.05) is 5.32 Å². The largest absolute Gasteiger partial charge is 0.371 e. The van der Waals surface area contributed by atoms with Crippen molar-refractivity contribution in [2.24, 2.45) is 0 Å². The minimum absolute atomic E-state index is 0.116. The van der Waals surface area contributed by atoms with Gasteiger partial charge in [0.1, 0.15) is 5.69 Å². The Kier molecular flexibility index (Phi) is 4.11. The Balaban J connectivity index is 1.76. The van der Waals surface area contributed by atoms with Crippen LogP contribution >= 0.6 is 0 Å². The first kappa shape index (κ1) is 15.1. The molecule has 24 heavy (non-hydrogen) atoms. The second-order valence-electron chi connectivity index (χ2n) is 4.70. The molecule has 118 valence electrons. The van der Waals surface area contributed by atoms with Gasteiger partial charge in [-0.1, -0.05) is 5.16 Å². The normalized spacial score (nSPS) is 10.1. The second kappa shape index (κ2) is 6.53. The highest BCUT2D eigenvalue weighted by atomic mass is 16.6. The molecule has 1 N–H and O–H groups in total. The lowest BCUT2D eigenvalue weighted by Gasteiger charge is -2.04. The highest BCUT2D eigenvalue weighted by Gasteiger charge is 2.16. The van der Waals surface area contributed by atoms with Crippen LogP contribution in [0.3, 0.4) is 0 Å². The van der Waals surface area contributed by atoms with E-state index in [-0.39, 0.29) is 29.4 Å². The van der Waals surface area contributed by atoms with Gasteiger partial charge >= 0.3 is 0 Å². The zero-order valence-corrected chi connectivity index (χ0v) is 12.2. The lowest BCUT2D eigenvalue weighted by atomic mass is 10.2. The SMILES string of the molecule is N#Cc1ccc(NCc2nc(-c3ccncc3)no2)c([N+](=O)[O-])c1. The molecule has 0 bridgehead atoms. The summed E-state index contributed by atoms with van der Waals surface area (Å²) >= 11 is 0. The Labute approximate surface area is 135 Å². The van der Waals surface area contributed by atoms with Crippen LogP contribution < -0.4 is 5.32 Å². The summed E-state index contributed by atoms with van der Waals surface area (Å²) in [5.74, 6) is 0.684. The van der Waals surface area contributed by atoms with Crippen molar-refractivity contribution >= 4 is 11.4 Å². The summed E-state index contributed by atoms with van der Waals surface area (Å²) in [6, 6.07) is 9.52. The number of aromatic nitrogens is 3. The summed E-state index contributed by atoms with van der Waals surface area (Å²) in [6.07, 6.45) is 3.23. The van der Waals surface area contributed by atoms with Gasteiger partial charge in [-0.2, -0.15) is 10.2 Å². The first-order chi connectivity index (χ1) is 11.7. The van der Waals surface area contributed by atoms with E-state index < -0.39 is 4.92 Å². The van der Waals surface area contributed by atoms with Gasteiger partial charge < -0.3 is 9.84 Å². The highest BCUT2D eigenvalue weighted by Crippen LogP contribution is 2.26. The van der Waals surface area contributed by atoms with E-state index in [1.165, 1.54) is 18.2 Å². The summed E-state index contributed by atoms with van der Waals surface area (Å²) in [5.41, 5.74) is 1.04. The number of nitrogens with one attached hydrogen (secondary N) is 1. The topological polar surface area (TPSA) is 131 Å². The molecule has 0 aliphatic carbocycles. The van der Waals surface area contributed by atoms with Crippen molar-refractivity contribution < 1.29 is 9.45 Å². The number of nitro groups is 1. The Morgan fingerprint density at radius 2 is 2.08 bits per heavy atom. The maximum absolute atomic E-state index is 11.1. The average molecular weight is 322 g/mol. The summed E-state index contributed by atoms with van der Waals surface area (Å²) in [4.78, 5) is 18.7. The lowest BCUT2D eigenvalue weighted by Crippen LogP contribution is -2.03. The van der Waals surface area contributed by atoms with Gasteiger partial charge in [0.2, 0.25) is 11.7 Å². The Morgan fingerprint density at radius 3 is 2.79 bits per heavy atom. The van der Waals surface area contributed by atoms with E-state index in [1.54, 1.807) is 24.5 Å². The monoisotopic (exact) mass is 322 g/mol. The summed E-state index contributed by atoms with van der Waals surface area (Å²) in [7, 11) is 0. The number of hydrogen-bond acceptors (Lipinski definition) is 8. The van der Waals surface area contributed by atoms with Crippen molar-refractivity contribution in [3.05, 3.63) is 64.3 Å². The minimum Gasteiger partial charge on any atom is -0.371 e. The maximum Gasteiger partial charge on any atom is 0.293 e. The molecule has 0 atom stereocenters. The zero-order valence-electron chi connectivity index (χ0n) is 12.2. The first-order valence-electron chi connectivity index (χ1n) is 6.83. The van der Waals surface area contributed by atoms with Crippen LogP contribution in [0.25, 0.3) is 11.4 Å². The predicted octanol–water partition coefficient (Wildman–Crippen LogP) is 2.52. The third-order valence-corrected chi connectivity index (χ3v) is 3.16. The molecule has 9 nitrogen and oxygen atoms in total. The molecule has 0 amide bonds. The summed E-state index contributed by atoms with van der Waals surface area (Å²) in [5, 5.41) is 26.6. The Hall–Kier alpha value is -3.80. The average Bonchev–Trinajstić information content (AvgIpc) is 3.09. The van der Waals surface area contributed by atoms with Crippen molar-refractivity contribution in [2.45, 2.75) is 6.54 Å². The highest BCUT2D eigenvalue weighted by molar-refractivity contribution is 5.64. The van der Waals surface area contributed by atoms with Gasteiger partial charge in [-0.05, 0) is 24.3 Å². The van der Waals surface area contributed by atoms with Crippen molar-refractivity contribution in [1.29, 1.82) is 5.26 Å². The van der Waals surface area contributed by atoms with Gasteiger partial charge in [0.25, 0.3) is 5.69 Å². The number of nitriles is 1. The molecule has 0 radical (unpaired) electrons. The van der Waals surface area contributed by atoms with E-state index in [1.807, 2.05) is 6.07 Å². The molecule has 0 aliphatic heterocycles. The van der Waals surface area contributed by atoms with Crippen LogP contribution in [-0.2, 0) is 6.54 Å².